The number of likely N-dealkylation sites (N-methyl/N-ethyl adjacent to an activating group) is 1. The number of carbonyl (C=O) groups excluding carboxylic acids is 2. The van der Waals surface area contributed by atoms with E-state index in [9.17, 15) is 18.0 Å². The van der Waals surface area contributed by atoms with Crippen molar-refractivity contribution in [2.24, 2.45) is 0 Å². The molecule has 0 radical (unpaired) electrons. The van der Waals surface area contributed by atoms with E-state index < -0.39 is 9.84 Å². The number of anilines is 1. The number of sulfone groups is 1. The van der Waals surface area contributed by atoms with E-state index >= 15 is 0 Å². The van der Waals surface area contributed by atoms with Gasteiger partial charge in [0.25, 0.3) is 11.8 Å². The lowest BCUT2D eigenvalue weighted by Gasteiger charge is -2.18. The monoisotopic (exact) mass is 612 g/mol. The molecule has 1 aliphatic rings. The number of aryl methyl sites for hydroxylation is 1. The Bertz CT molecular complexity index is 1540. The van der Waals surface area contributed by atoms with Gasteiger partial charge in [0, 0.05) is 40.2 Å². The number of benzene rings is 2. The molecule has 2 aromatic carbocycles. The number of nitrogens with zero attached hydrogens (tertiary/aromatic N) is 1. The first-order chi connectivity index (χ1) is 18.5. The molecule has 3 N–H and O–H groups in total. The fraction of sp³-hybridized carbons (Fsp3) is 0.310. The van der Waals surface area contributed by atoms with Crippen LogP contribution in [0.3, 0.4) is 0 Å². The largest absolute Gasteiger partial charge is 0.358 e. The van der Waals surface area contributed by atoms with Crippen molar-refractivity contribution in [3.8, 4) is 0 Å². The SMILES string of the molecule is CCN(CC)CCNC(=O)c1c(C)[nH]c(/C=C2\C(=O)Nc3ccc(S(=O)(=O)Cc4ccc(Br)cc4)cc32)c1C. The Kier molecular flexibility index (Phi) is 8.78. The Hall–Kier alpha value is -3.21. The van der Waals surface area contributed by atoms with E-state index in [4.69, 9.17) is 0 Å². The van der Waals surface area contributed by atoms with Gasteiger partial charge in [-0.2, -0.15) is 0 Å². The Morgan fingerprint density at radius 2 is 1.77 bits per heavy atom. The van der Waals surface area contributed by atoms with E-state index in [0.717, 1.165) is 29.7 Å². The number of fused-ring (bicyclic) bond motifs is 1. The number of H-pyrrole nitrogens is 1. The molecule has 3 aromatic rings. The lowest BCUT2D eigenvalue weighted by atomic mass is 10.0. The van der Waals surface area contributed by atoms with Crippen LogP contribution in [0.4, 0.5) is 5.69 Å². The van der Waals surface area contributed by atoms with Gasteiger partial charge in [0.2, 0.25) is 0 Å². The van der Waals surface area contributed by atoms with E-state index in [1.165, 1.54) is 6.07 Å². The molecule has 0 spiro atoms. The van der Waals surface area contributed by atoms with Gasteiger partial charge in [0.1, 0.15) is 0 Å². The number of hydrogen-bond donors (Lipinski definition) is 3. The minimum atomic E-state index is -3.65. The third-order valence-electron chi connectivity index (χ3n) is 7.00. The molecular formula is C29H33BrN4O4S. The molecule has 0 unspecified atom stereocenters. The zero-order chi connectivity index (χ0) is 28.3. The standard InChI is InChI=1S/C29H33BrN4O4S/c1-5-34(6-2)14-13-31-29(36)27-18(3)26(32-19(27)4)16-24-23-15-22(11-12-25(23)33-28(24)35)39(37,38)17-20-7-9-21(30)10-8-20/h7-12,15-16,32H,5-6,13-14,17H2,1-4H3,(H,31,36)(H,33,35)/b24-16-. The Morgan fingerprint density at radius 3 is 2.44 bits per heavy atom. The van der Waals surface area contributed by atoms with Crippen LogP contribution in [0.25, 0.3) is 11.6 Å². The maximum atomic E-state index is 13.2. The van der Waals surface area contributed by atoms with Crippen LogP contribution in [0.1, 0.15) is 52.3 Å². The van der Waals surface area contributed by atoms with Crippen LogP contribution in [0.2, 0.25) is 0 Å². The number of nitrogens with one attached hydrogen (secondary N) is 3. The summed E-state index contributed by atoms with van der Waals surface area (Å²) in [4.78, 5) is 31.4. The minimum Gasteiger partial charge on any atom is -0.358 e. The van der Waals surface area contributed by atoms with Gasteiger partial charge in [-0.05, 0) is 74.5 Å². The molecule has 206 valence electrons. The van der Waals surface area contributed by atoms with Crippen molar-refractivity contribution in [3.63, 3.8) is 0 Å². The fourth-order valence-corrected chi connectivity index (χ4v) is 6.38. The van der Waals surface area contributed by atoms with Crippen molar-refractivity contribution in [2.75, 3.05) is 31.5 Å². The molecule has 39 heavy (non-hydrogen) atoms. The van der Waals surface area contributed by atoms with Crippen molar-refractivity contribution in [2.45, 2.75) is 38.3 Å². The summed E-state index contributed by atoms with van der Waals surface area (Å²) < 4.78 is 27.2. The van der Waals surface area contributed by atoms with Crippen LogP contribution in [0.15, 0.2) is 51.8 Å². The molecule has 0 saturated carbocycles. The molecule has 8 nitrogen and oxygen atoms in total. The highest BCUT2D eigenvalue weighted by atomic mass is 79.9. The first-order valence-electron chi connectivity index (χ1n) is 12.9. The molecule has 0 atom stereocenters. The smallest absolute Gasteiger partial charge is 0.256 e. The summed E-state index contributed by atoms with van der Waals surface area (Å²) in [5, 5.41) is 5.80. The first-order valence-corrected chi connectivity index (χ1v) is 15.3. The normalized spacial score (nSPS) is 14.1. The number of amides is 2. The second kappa shape index (κ2) is 11.9. The molecule has 1 aliphatic heterocycles. The second-order valence-electron chi connectivity index (χ2n) is 9.55. The molecule has 4 rings (SSSR count). The fourth-order valence-electron chi connectivity index (χ4n) is 4.75. The molecule has 0 aliphatic carbocycles. The number of halogens is 1. The van der Waals surface area contributed by atoms with Gasteiger partial charge in [-0.15, -0.1) is 0 Å². The molecule has 2 heterocycles. The van der Waals surface area contributed by atoms with Crippen molar-refractivity contribution in [1.82, 2.24) is 15.2 Å². The van der Waals surface area contributed by atoms with Crippen molar-refractivity contribution >= 4 is 54.9 Å². The van der Waals surface area contributed by atoms with Gasteiger partial charge in [-0.1, -0.05) is 41.9 Å². The van der Waals surface area contributed by atoms with Gasteiger partial charge in [0.05, 0.1) is 21.8 Å². The lowest BCUT2D eigenvalue weighted by Crippen LogP contribution is -2.35. The van der Waals surface area contributed by atoms with E-state index in [1.54, 1.807) is 42.5 Å². The quantitative estimate of drug-likeness (QED) is 0.281. The first kappa shape index (κ1) is 28.8. The van der Waals surface area contributed by atoms with Crippen molar-refractivity contribution in [1.29, 1.82) is 0 Å². The van der Waals surface area contributed by atoms with Crippen molar-refractivity contribution in [3.05, 3.63) is 80.6 Å². The van der Waals surface area contributed by atoms with Crippen LogP contribution in [-0.4, -0.2) is 56.3 Å². The number of hydrogen-bond acceptors (Lipinski definition) is 5. The highest BCUT2D eigenvalue weighted by molar-refractivity contribution is 9.10. The Morgan fingerprint density at radius 1 is 1.08 bits per heavy atom. The predicted octanol–water partition coefficient (Wildman–Crippen LogP) is 4.93. The van der Waals surface area contributed by atoms with Gasteiger partial charge in [-0.3, -0.25) is 9.59 Å². The van der Waals surface area contributed by atoms with Crippen molar-refractivity contribution < 1.29 is 18.0 Å². The van der Waals surface area contributed by atoms with E-state index in [2.05, 4.69) is 50.3 Å². The number of rotatable bonds is 10. The molecule has 10 heteroatoms. The number of aromatic amines is 1. The predicted molar refractivity (Wildman–Crippen MR) is 158 cm³/mol. The highest BCUT2D eigenvalue weighted by Gasteiger charge is 2.28. The average Bonchev–Trinajstić information content (AvgIpc) is 3.36. The number of carbonyl (C=O) groups is 2. The summed E-state index contributed by atoms with van der Waals surface area (Å²) in [6.07, 6.45) is 1.68. The Balaban J connectivity index is 1.60. The van der Waals surface area contributed by atoms with E-state index in [1.807, 2.05) is 13.8 Å². The maximum Gasteiger partial charge on any atom is 0.256 e. The number of aromatic nitrogens is 1. The Labute approximate surface area is 237 Å². The molecule has 0 bridgehead atoms. The van der Waals surface area contributed by atoms with Crippen LogP contribution in [0.5, 0.6) is 0 Å². The third-order valence-corrected chi connectivity index (χ3v) is 9.22. The van der Waals surface area contributed by atoms with Gasteiger partial charge >= 0.3 is 0 Å². The van der Waals surface area contributed by atoms with E-state index in [-0.39, 0.29) is 22.5 Å². The maximum absolute atomic E-state index is 13.2. The summed E-state index contributed by atoms with van der Waals surface area (Å²) in [6, 6.07) is 11.8. The summed E-state index contributed by atoms with van der Waals surface area (Å²) in [5.41, 5.74) is 4.66. The zero-order valence-corrected chi connectivity index (χ0v) is 24.9. The lowest BCUT2D eigenvalue weighted by molar-refractivity contribution is -0.110. The molecule has 0 saturated heterocycles. The summed E-state index contributed by atoms with van der Waals surface area (Å²) >= 11 is 3.36. The molecule has 1 aromatic heterocycles. The molecule has 2 amide bonds. The van der Waals surface area contributed by atoms with Crippen LogP contribution in [0, 0.1) is 13.8 Å². The summed E-state index contributed by atoms with van der Waals surface area (Å²) in [7, 11) is -3.65. The minimum absolute atomic E-state index is 0.138. The van der Waals surface area contributed by atoms with Gasteiger partial charge in [0.15, 0.2) is 9.84 Å². The van der Waals surface area contributed by atoms with Crippen LogP contribution >= 0.6 is 15.9 Å². The zero-order valence-electron chi connectivity index (χ0n) is 22.5. The van der Waals surface area contributed by atoms with Crippen LogP contribution < -0.4 is 10.6 Å². The summed E-state index contributed by atoms with van der Waals surface area (Å²) in [6.45, 7) is 11.0. The van der Waals surface area contributed by atoms with Gasteiger partial charge in [-0.25, -0.2) is 8.42 Å². The highest BCUT2D eigenvalue weighted by Crippen LogP contribution is 2.36. The summed E-state index contributed by atoms with van der Waals surface area (Å²) in [5.74, 6) is -0.652. The molecule has 0 fully saturated rings. The van der Waals surface area contributed by atoms with E-state index in [0.29, 0.717) is 45.9 Å². The third kappa shape index (κ3) is 6.34. The van der Waals surface area contributed by atoms with Gasteiger partial charge < -0.3 is 20.5 Å². The second-order valence-corrected chi connectivity index (χ2v) is 12.5. The van der Waals surface area contributed by atoms with Crippen LogP contribution in [-0.2, 0) is 20.4 Å². The topological polar surface area (TPSA) is 111 Å². The average molecular weight is 614 g/mol. The molecular weight excluding hydrogens is 580 g/mol.